The maximum Gasteiger partial charge on any atom is 0.142 e. The van der Waals surface area contributed by atoms with Crippen molar-refractivity contribution in [3.05, 3.63) is 46.7 Å². The number of anilines is 3. The van der Waals surface area contributed by atoms with Crippen LogP contribution in [0.15, 0.2) is 40.9 Å². The van der Waals surface area contributed by atoms with Crippen LogP contribution in [0.1, 0.15) is 0 Å². The summed E-state index contributed by atoms with van der Waals surface area (Å²) in [5.74, 6) is 0.293. The Balaban J connectivity index is 2.37. The highest BCUT2D eigenvalue weighted by Gasteiger charge is 2.08. The average Bonchev–Trinajstić information content (AvgIpc) is 2.36. The highest BCUT2D eigenvalue weighted by Crippen LogP contribution is 2.32. The molecular formula is C13H12BrFN2O. The Morgan fingerprint density at radius 2 is 1.94 bits per heavy atom. The van der Waals surface area contributed by atoms with Gasteiger partial charge < -0.3 is 15.8 Å². The van der Waals surface area contributed by atoms with E-state index in [0.29, 0.717) is 21.6 Å². The van der Waals surface area contributed by atoms with Crippen LogP contribution in [0.25, 0.3) is 0 Å². The third-order valence-electron chi connectivity index (χ3n) is 2.47. The third kappa shape index (κ3) is 2.56. The number of rotatable bonds is 3. The topological polar surface area (TPSA) is 47.3 Å². The fourth-order valence-corrected chi connectivity index (χ4v) is 1.92. The molecule has 0 atom stereocenters. The van der Waals surface area contributed by atoms with E-state index in [9.17, 15) is 4.39 Å². The molecule has 0 bridgehead atoms. The van der Waals surface area contributed by atoms with E-state index in [0.717, 1.165) is 5.69 Å². The van der Waals surface area contributed by atoms with Gasteiger partial charge in [0, 0.05) is 6.07 Å². The van der Waals surface area contributed by atoms with Crippen LogP contribution in [-0.2, 0) is 0 Å². The summed E-state index contributed by atoms with van der Waals surface area (Å²) in [7, 11) is 1.58. The first-order chi connectivity index (χ1) is 8.61. The zero-order valence-electron chi connectivity index (χ0n) is 9.71. The Bertz CT molecular complexity index is 575. The van der Waals surface area contributed by atoms with Gasteiger partial charge in [-0.05, 0) is 34.1 Å². The zero-order chi connectivity index (χ0) is 13.1. The van der Waals surface area contributed by atoms with E-state index in [1.807, 2.05) is 24.3 Å². The summed E-state index contributed by atoms with van der Waals surface area (Å²) in [5.41, 5.74) is 7.51. The smallest absolute Gasteiger partial charge is 0.142 e. The van der Waals surface area contributed by atoms with E-state index >= 15 is 0 Å². The van der Waals surface area contributed by atoms with Gasteiger partial charge >= 0.3 is 0 Å². The highest BCUT2D eigenvalue weighted by molar-refractivity contribution is 9.10. The van der Waals surface area contributed by atoms with Crippen LogP contribution in [0.2, 0.25) is 0 Å². The Hall–Kier alpha value is -1.75. The van der Waals surface area contributed by atoms with Crippen molar-refractivity contribution < 1.29 is 9.13 Å². The van der Waals surface area contributed by atoms with Crippen LogP contribution in [0, 0.1) is 5.82 Å². The second kappa shape index (κ2) is 5.27. The fraction of sp³-hybridized carbons (Fsp3) is 0.0769. The minimum absolute atomic E-state index is 0.338. The predicted octanol–water partition coefficient (Wildman–Crippen LogP) is 3.92. The van der Waals surface area contributed by atoms with Crippen LogP contribution in [-0.4, -0.2) is 7.11 Å². The third-order valence-corrected chi connectivity index (χ3v) is 3.08. The number of nitrogens with two attached hydrogens (primary N) is 1. The molecule has 2 aromatic carbocycles. The lowest BCUT2D eigenvalue weighted by atomic mass is 10.2. The molecule has 0 radical (unpaired) electrons. The molecule has 3 N–H and O–H groups in total. The summed E-state index contributed by atoms with van der Waals surface area (Å²) in [6.45, 7) is 0. The molecule has 5 heteroatoms. The molecule has 0 aliphatic rings. The Kier molecular flexibility index (Phi) is 3.72. The number of para-hydroxylation sites is 2. The van der Waals surface area contributed by atoms with Gasteiger partial charge in [0.25, 0.3) is 0 Å². The molecule has 94 valence electrons. The largest absolute Gasteiger partial charge is 0.495 e. The lowest BCUT2D eigenvalue weighted by Gasteiger charge is -2.13. The molecule has 0 aliphatic carbocycles. The van der Waals surface area contributed by atoms with E-state index in [1.54, 1.807) is 7.11 Å². The van der Waals surface area contributed by atoms with Gasteiger partial charge in [-0.1, -0.05) is 12.1 Å². The molecule has 0 aliphatic heterocycles. The fourth-order valence-electron chi connectivity index (χ4n) is 1.56. The number of hydrogen-bond acceptors (Lipinski definition) is 3. The van der Waals surface area contributed by atoms with Gasteiger partial charge in [0.2, 0.25) is 0 Å². The Morgan fingerprint density at radius 1 is 1.22 bits per heavy atom. The van der Waals surface area contributed by atoms with Gasteiger partial charge in [-0.2, -0.15) is 0 Å². The first-order valence-electron chi connectivity index (χ1n) is 5.26. The molecular weight excluding hydrogens is 299 g/mol. The summed E-state index contributed by atoms with van der Waals surface area (Å²) < 4.78 is 19.0. The lowest BCUT2D eigenvalue weighted by molar-refractivity contribution is 0.417. The molecule has 0 spiro atoms. The zero-order valence-corrected chi connectivity index (χ0v) is 11.3. The van der Waals surface area contributed by atoms with Crippen LogP contribution in [0.3, 0.4) is 0 Å². The molecule has 0 aromatic heterocycles. The average molecular weight is 311 g/mol. The molecule has 18 heavy (non-hydrogen) atoms. The van der Waals surface area contributed by atoms with Crippen LogP contribution in [0.5, 0.6) is 5.75 Å². The van der Waals surface area contributed by atoms with Crippen LogP contribution < -0.4 is 15.8 Å². The van der Waals surface area contributed by atoms with Gasteiger partial charge in [-0.3, -0.25) is 0 Å². The number of halogens is 2. The van der Waals surface area contributed by atoms with Crippen molar-refractivity contribution in [2.45, 2.75) is 0 Å². The first kappa shape index (κ1) is 12.7. The Labute approximate surface area is 113 Å². The summed E-state index contributed by atoms with van der Waals surface area (Å²) in [4.78, 5) is 0. The van der Waals surface area contributed by atoms with Gasteiger partial charge in [0.1, 0.15) is 11.6 Å². The number of nitrogen functional groups attached to an aromatic ring is 1. The van der Waals surface area contributed by atoms with Crippen molar-refractivity contribution in [3.8, 4) is 5.75 Å². The van der Waals surface area contributed by atoms with Crippen molar-refractivity contribution >= 4 is 33.0 Å². The van der Waals surface area contributed by atoms with E-state index in [-0.39, 0.29) is 5.82 Å². The Morgan fingerprint density at radius 3 is 2.67 bits per heavy atom. The molecule has 2 rings (SSSR count). The molecule has 0 fully saturated rings. The SMILES string of the molecule is COc1ccccc1Nc1cc(F)c(Br)cc1N. The molecule has 0 saturated carbocycles. The maximum absolute atomic E-state index is 13.5. The van der Waals surface area contributed by atoms with Gasteiger partial charge in [0.05, 0.1) is 28.6 Å². The van der Waals surface area contributed by atoms with Gasteiger partial charge in [-0.25, -0.2) is 4.39 Å². The van der Waals surface area contributed by atoms with Crippen molar-refractivity contribution in [2.75, 3.05) is 18.2 Å². The maximum atomic E-state index is 13.5. The normalized spacial score (nSPS) is 10.2. The molecule has 0 unspecified atom stereocenters. The summed E-state index contributed by atoms with van der Waals surface area (Å²) >= 11 is 3.09. The summed E-state index contributed by atoms with van der Waals surface area (Å²) in [6, 6.07) is 10.2. The quantitative estimate of drug-likeness (QED) is 0.845. The number of hydrogen-bond donors (Lipinski definition) is 2. The predicted molar refractivity (Wildman–Crippen MR) is 74.8 cm³/mol. The van der Waals surface area contributed by atoms with E-state index in [2.05, 4.69) is 21.2 Å². The molecule has 0 saturated heterocycles. The van der Waals surface area contributed by atoms with Crippen LogP contribution >= 0.6 is 15.9 Å². The molecule has 2 aromatic rings. The van der Waals surface area contributed by atoms with Gasteiger partial charge in [-0.15, -0.1) is 0 Å². The van der Waals surface area contributed by atoms with Crippen molar-refractivity contribution in [1.29, 1.82) is 0 Å². The minimum atomic E-state index is -0.374. The van der Waals surface area contributed by atoms with E-state index in [4.69, 9.17) is 10.5 Å². The van der Waals surface area contributed by atoms with Crippen molar-refractivity contribution in [1.82, 2.24) is 0 Å². The molecule has 0 heterocycles. The number of benzene rings is 2. The second-order valence-electron chi connectivity index (χ2n) is 3.68. The summed E-state index contributed by atoms with van der Waals surface area (Å²) in [5, 5.41) is 3.05. The number of ether oxygens (including phenoxy) is 1. The lowest BCUT2D eigenvalue weighted by Crippen LogP contribution is -1.99. The van der Waals surface area contributed by atoms with Crippen LogP contribution in [0.4, 0.5) is 21.5 Å². The first-order valence-corrected chi connectivity index (χ1v) is 6.05. The van der Waals surface area contributed by atoms with Gasteiger partial charge in [0.15, 0.2) is 0 Å². The highest BCUT2D eigenvalue weighted by atomic mass is 79.9. The second-order valence-corrected chi connectivity index (χ2v) is 4.53. The van der Waals surface area contributed by atoms with Crippen molar-refractivity contribution in [2.24, 2.45) is 0 Å². The number of nitrogens with one attached hydrogen (secondary N) is 1. The van der Waals surface area contributed by atoms with E-state index < -0.39 is 0 Å². The van der Waals surface area contributed by atoms with Crippen molar-refractivity contribution in [3.63, 3.8) is 0 Å². The standard InChI is InChI=1S/C13H12BrFN2O/c1-18-13-5-3-2-4-11(13)17-12-7-9(15)8(14)6-10(12)16/h2-7,17H,16H2,1H3. The molecule has 0 amide bonds. The monoisotopic (exact) mass is 310 g/mol. The number of methoxy groups -OCH3 is 1. The van der Waals surface area contributed by atoms with E-state index in [1.165, 1.54) is 12.1 Å². The molecule has 3 nitrogen and oxygen atoms in total. The summed E-state index contributed by atoms with van der Waals surface area (Å²) in [6.07, 6.45) is 0. The minimum Gasteiger partial charge on any atom is -0.495 e.